The summed E-state index contributed by atoms with van der Waals surface area (Å²) in [6.07, 6.45) is 17.0. The summed E-state index contributed by atoms with van der Waals surface area (Å²) in [5.74, 6) is 0. The molecule has 0 saturated heterocycles. The highest BCUT2D eigenvalue weighted by Crippen LogP contribution is 2.28. The third-order valence-corrected chi connectivity index (χ3v) is 5.58. The molecule has 2 rings (SSSR count). The number of hydrogen-bond acceptors (Lipinski definition) is 4. The minimum Gasteiger partial charge on any atom is -0.327 e. The monoisotopic (exact) mass is 307 g/mol. The van der Waals surface area contributed by atoms with Gasteiger partial charge in [0.1, 0.15) is 0 Å². The molecule has 21 heavy (non-hydrogen) atoms. The quantitative estimate of drug-likeness (QED) is 0.818. The van der Waals surface area contributed by atoms with Crippen molar-refractivity contribution in [1.29, 1.82) is 0 Å². The van der Waals surface area contributed by atoms with Crippen molar-refractivity contribution in [3.63, 3.8) is 0 Å². The number of thioether (sulfide) groups is 1. The van der Waals surface area contributed by atoms with Crippen LogP contribution in [0.4, 0.5) is 0 Å². The van der Waals surface area contributed by atoms with Crippen molar-refractivity contribution in [3.05, 3.63) is 18.0 Å². The summed E-state index contributed by atoms with van der Waals surface area (Å²) in [6, 6.07) is 0.277. The summed E-state index contributed by atoms with van der Waals surface area (Å²) < 4.78 is 0. The molecule has 0 aliphatic heterocycles. The zero-order valence-corrected chi connectivity index (χ0v) is 14.1. The molecule has 1 heterocycles. The summed E-state index contributed by atoms with van der Waals surface area (Å²) in [5.41, 5.74) is 7.57. The topological polar surface area (TPSA) is 51.8 Å². The fraction of sp³-hybridized carbons (Fsp3) is 0.765. The molecule has 0 bridgehead atoms. The van der Waals surface area contributed by atoms with Gasteiger partial charge in [0, 0.05) is 23.7 Å². The fourth-order valence-corrected chi connectivity index (χ4v) is 4.00. The van der Waals surface area contributed by atoms with Gasteiger partial charge in [-0.25, -0.2) is 9.97 Å². The molecule has 0 spiro atoms. The van der Waals surface area contributed by atoms with E-state index in [0.717, 1.165) is 17.1 Å². The molecule has 0 aromatic carbocycles. The zero-order chi connectivity index (χ0) is 14.9. The van der Waals surface area contributed by atoms with E-state index in [2.05, 4.69) is 9.97 Å². The van der Waals surface area contributed by atoms with E-state index in [1.807, 2.05) is 19.3 Å². The molecule has 0 radical (unpaired) electrons. The first-order valence-corrected chi connectivity index (χ1v) is 9.34. The van der Waals surface area contributed by atoms with Crippen LogP contribution < -0.4 is 5.73 Å². The Kier molecular flexibility index (Phi) is 7.51. The van der Waals surface area contributed by atoms with Gasteiger partial charge < -0.3 is 5.73 Å². The normalized spacial score (nSPS) is 25.8. The number of aryl methyl sites for hydroxylation is 1. The third kappa shape index (κ3) is 6.35. The summed E-state index contributed by atoms with van der Waals surface area (Å²) in [4.78, 5) is 8.87. The number of aromatic nitrogens is 2. The van der Waals surface area contributed by atoms with Crippen LogP contribution in [0, 0.1) is 6.92 Å². The molecule has 0 amide bonds. The second-order valence-electron chi connectivity index (χ2n) is 6.27. The van der Waals surface area contributed by atoms with Crippen LogP contribution in [0.3, 0.4) is 0 Å². The van der Waals surface area contributed by atoms with Crippen LogP contribution in [-0.4, -0.2) is 21.3 Å². The maximum absolute atomic E-state index is 6.46. The van der Waals surface area contributed by atoms with Crippen molar-refractivity contribution in [3.8, 4) is 0 Å². The van der Waals surface area contributed by atoms with E-state index in [4.69, 9.17) is 5.73 Å². The smallest absolute Gasteiger partial charge is 0.187 e. The Morgan fingerprint density at radius 3 is 2.05 bits per heavy atom. The molecule has 2 unspecified atom stereocenters. The largest absolute Gasteiger partial charge is 0.327 e. The number of nitrogens with two attached hydrogens (primary N) is 1. The van der Waals surface area contributed by atoms with Gasteiger partial charge in [-0.3, -0.25) is 0 Å². The van der Waals surface area contributed by atoms with Crippen LogP contribution in [0.1, 0.15) is 69.8 Å². The SMILES string of the molecule is Cc1cnc(SC2CCCCCCCCCCC2N)nc1. The number of rotatable bonds is 2. The Morgan fingerprint density at radius 1 is 0.905 bits per heavy atom. The molecule has 2 atom stereocenters. The summed E-state index contributed by atoms with van der Waals surface area (Å²) in [5, 5.41) is 1.35. The predicted octanol–water partition coefficient (Wildman–Crippen LogP) is 4.49. The van der Waals surface area contributed by atoms with Crippen LogP contribution in [0.25, 0.3) is 0 Å². The molecule has 1 aliphatic rings. The van der Waals surface area contributed by atoms with E-state index in [1.165, 1.54) is 57.8 Å². The third-order valence-electron chi connectivity index (χ3n) is 4.27. The molecule has 2 N–H and O–H groups in total. The van der Waals surface area contributed by atoms with Crippen LogP contribution in [0.15, 0.2) is 17.6 Å². The van der Waals surface area contributed by atoms with Crippen molar-refractivity contribution >= 4 is 11.8 Å². The van der Waals surface area contributed by atoms with Gasteiger partial charge in [0.25, 0.3) is 0 Å². The van der Waals surface area contributed by atoms with Crippen molar-refractivity contribution in [1.82, 2.24) is 9.97 Å². The minimum atomic E-state index is 0.277. The van der Waals surface area contributed by atoms with Gasteiger partial charge in [-0.1, -0.05) is 63.1 Å². The maximum atomic E-state index is 6.46. The maximum Gasteiger partial charge on any atom is 0.187 e. The van der Waals surface area contributed by atoms with E-state index in [1.54, 1.807) is 11.8 Å². The lowest BCUT2D eigenvalue weighted by molar-refractivity contribution is 0.473. The fourth-order valence-electron chi connectivity index (χ4n) is 2.91. The van der Waals surface area contributed by atoms with E-state index < -0.39 is 0 Å². The molecule has 1 fully saturated rings. The Labute approximate surface area is 133 Å². The van der Waals surface area contributed by atoms with Gasteiger partial charge in [0.15, 0.2) is 5.16 Å². The Morgan fingerprint density at radius 2 is 1.43 bits per heavy atom. The summed E-state index contributed by atoms with van der Waals surface area (Å²) in [7, 11) is 0. The standard InChI is InChI=1S/C17H29N3S/c1-14-12-19-17(20-13-14)21-16-11-9-7-5-3-2-4-6-8-10-15(16)18/h12-13,15-16H,2-11,18H2,1H3. The van der Waals surface area contributed by atoms with Crippen molar-refractivity contribution in [2.75, 3.05) is 0 Å². The van der Waals surface area contributed by atoms with Crippen LogP contribution >= 0.6 is 11.8 Å². The number of hydrogen-bond donors (Lipinski definition) is 1. The van der Waals surface area contributed by atoms with E-state index >= 15 is 0 Å². The molecular weight excluding hydrogens is 278 g/mol. The highest BCUT2D eigenvalue weighted by atomic mass is 32.2. The average molecular weight is 308 g/mol. The van der Waals surface area contributed by atoms with E-state index in [-0.39, 0.29) is 6.04 Å². The highest BCUT2D eigenvalue weighted by molar-refractivity contribution is 7.99. The van der Waals surface area contributed by atoms with Gasteiger partial charge in [0.2, 0.25) is 0 Å². The highest BCUT2D eigenvalue weighted by Gasteiger charge is 2.20. The molecule has 4 heteroatoms. The molecule has 1 saturated carbocycles. The van der Waals surface area contributed by atoms with Crippen LogP contribution in [-0.2, 0) is 0 Å². The number of nitrogens with zero attached hydrogens (tertiary/aromatic N) is 2. The minimum absolute atomic E-state index is 0.277. The molecule has 1 aromatic heterocycles. The molecule has 1 aromatic rings. The van der Waals surface area contributed by atoms with Crippen LogP contribution in [0.5, 0.6) is 0 Å². The van der Waals surface area contributed by atoms with E-state index in [0.29, 0.717) is 5.25 Å². The lowest BCUT2D eigenvalue weighted by atomic mass is 9.98. The van der Waals surface area contributed by atoms with Crippen molar-refractivity contribution < 1.29 is 0 Å². The zero-order valence-electron chi connectivity index (χ0n) is 13.3. The Balaban J connectivity index is 1.92. The second-order valence-corrected chi connectivity index (χ2v) is 7.48. The van der Waals surface area contributed by atoms with Crippen molar-refractivity contribution in [2.45, 2.75) is 87.6 Å². The first-order chi connectivity index (χ1) is 10.3. The molecule has 1 aliphatic carbocycles. The lowest BCUT2D eigenvalue weighted by Crippen LogP contribution is -2.32. The van der Waals surface area contributed by atoms with Crippen molar-refractivity contribution in [2.24, 2.45) is 5.73 Å². The van der Waals surface area contributed by atoms with Gasteiger partial charge in [-0.2, -0.15) is 0 Å². The first-order valence-electron chi connectivity index (χ1n) is 8.46. The molecular formula is C17H29N3S. The average Bonchev–Trinajstić information content (AvgIpc) is 2.48. The van der Waals surface area contributed by atoms with Crippen LogP contribution in [0.2, 0.25) is 0 Å². The first kappa shape index (κ1) is 16.8. The van der Waals surface area contributed by atoms with Gasteiger partial charge in [-0.05, 0) is 25.3 Å². The second kappa shape index (κ2) is 9.42. The molecule has 3 nitrogen and oxygen atoms in total. The van der Waals surface area contributed by atoms with Gasteiger partial charge in [0.05, 0.1) is 0 Å². The predicted molar refractivity (Wildman–Crippen MR) is 90.6 cm³/mol. The molecule has 118 valence electrons. The lowest BCUT2D eigenvalue weighted by Gasteiger charge is -2.23. The van der Waals surface area contributed by atoms with Gasteiger partial charge in [-0.15, -0.1) is 0 Å². The Hall–Kier alpha value is -0.610. The van der Waals surface area contributed by atoms with E-state index in [9.17, 15) is 0 Å². The summed E-state index contributed by atoms with van der Waals surface area (Å²) in [6.45, 7) is 2.02. The summed E-state index contributed by atoms with van der Waals surface area (Å²) >= 11 is 1.78. The Bertz CT molecular complexity index is 394. The van der Waals surface area contributed by atoms with Gasteiger partial charge >= 0.3 is 0 Å².